The van der Waals surface area contributed by atoms with Crippen molar-refractivity contribution in [3.63, 3.8) is 0 Å². The molecule has 7 heteroatoms. The second-order valence-electron chi connectivity index (χ2n) is 6.45. The van der Waals surface area contributed by atoms with Gasteiger partial charge in [-0.15, -0.1) is 0 Å². The molecule has 0 bridgehead atoms. The first-order valence-corrected chi connectivity index (χ1v) is 10.4. The Labute approximate surface area is 178 Å². The van der Waals surface area contributed by atoms with Gasteiger partial charge in [0.1, 0.15) is 5.75 Å². The molecule has 0 fully saturated rings. The maximum atomic E-state index is 6.32. The first-order valence-electron chi connectivity index (χ1n) is 8.41. The van der Waals surface area contributed by atoms with Crippen LogP contribution in [0.3, 0.4) is 0 Å². The number of benzene rings is 2. The van der Waals surface area contributed by atoms with Crippen LogP contribution in [0.25, 0.3) is 0 Å². The molecule has 0 spiro atoms. The standard InChI is InChI=1S/C20H13Br2ClN2O2/c21-12-8-14-17-10-16(11-3-5-13(23)6-4-11)24-25(17)20(18-2-1-7-26-18)27-19(14)15(22)9-12/h1-9,17,20H,10H2/t17-,20-/m0/s1. The summed E-state index contributed by atoms with van der Waals surface area (Å²) in [5.74, 6) is 1.55. The second kappa shape index (κ2) is 6.69. The number of ether oxygens (including phenoxy) is 1. The van der Waals surface area contributed by atoms with Crippen molar-refractivity contribution in [1.29, 1.82) is 0 Å². The monoisotopic (exact) mass is 506 g/mol. The highest BCUT2D eigenvalue weighted by atomic mass is 79.9. The zero-order chi connectivity index (χ0) is 18.5. The average molecular weight is 509 g/mol. The maximum Gasteiger partial charge on any atom is 0.246 e. The van der Waals surface area contributed by atoms with E-state index in [1.807, 2.05) is 47.5 Å². The third-order valence-corrected chi connectivity index (χ3v) is 6.07. The highest BCUT2D eigenvalue weighted by Gasteiger charge is 2.43. The number of hydrogen-bond donors (Lipinski definition) is 0. The summed E-state index contributed by atoms with van der Waals surface area (Å²) in [5.41, 5.74) is 3.15. The van der Waals surface area contributed by atoms with Crippen LogP contribution in [0.15, 0.2) is 73.3 Å². The van der Waals surface area contributed by atoms with E-state index >= 15 is 0 Å². The van der Waals surface area contributed by atoms with Gasteiger partial charge in [-0.1, -0.05) is 39.7 Å². The van der Waals surface area contributed by atoms with Gasteiger partial charge in [0.2, 0.25) is 6.23 Å². The lowest BCUT2D eigenvalue weighted by atomic mass is 9.96. The maximum absolute atomic E-state index is 6.32. The molecular formula is C20H13Br2ClN2O2. The summed E-state index contributed by atoms with van der Waals surface area (Å²) in [6.07, 6.45) is 2.01. The number of hydrazone groups is 1. The number of halogens is 3. The summed E-state index contributed by atoms with van der Waals surface area (Å²) in [5, 5.41) is 7.60. The summed E-state index contributed by atoms with van der Waals surface area (Å²) in [6.45, 7) is 0. The molecule has 5 rings (SSSR count). The quantitative estimate of drug-likeness (QED) is 0.387. The Hall–Kier alpha value is -1.76. The van der Waals surface area contributed by atoms with Crippen molar-refractivity contribution in [2.75, 3.05) is 0 Å². The summed E-state index contributed by atoms with van der Waals surface area (Å²) in [7, 11) is 0. The lowest BCUT2D eigenvalue weighted by molar-refractivity contribution is -0.0331. The number of furan rings is 1. The summed E-state index contributed by atoms with van der Waals surface area (Å²) >= 11 is 13.3. The molecule has 0 amide bonds. The molecule has 0 aliphatic carbocycles. The molecule has 1 aromatic heterocycles. The number of hydrogen-bond acceptors (Lipinski definition) is 4. The van der Waals surface area contributed by atoms with Gasteiger partial charge in [-0.25, -0.2) is 5.01 Å². The number of nitrogens with zero attached hydrogens (tertiary/aromatic N) is 2. The fraction of sp³-hybridized carbons (Fsp3) is 0.150. The van der Waals surface area contributed by atoms with E-state index in [2.05, 4.69) is 37.9 Å². The number of fused-ring (bicyclic) bond motifs is 3. The molecule has 0 N–H and O–H groups in total. The van der Waals surface area contributed by atoms with Crippen LogP contribution < -0.4 is 4.74 Å². The van der Waals surface area contributed by atoms with Crippen LogP contribution in [0.2, 0.25) is 5.02 Å². The van der Waals surface area contributed by atoms with E-state index in [9.17, 15) is 0 Å². The molecule has 0 saturated heterocycles. The van der Waals surface area contributed by atoms with Crippen LogP contribution >= 0.6 is 43.5 Å². The average Bonchev–Trinajstić information content (AvgIpc) is 3.32. The van der Waals surface area contributed by atoms with Gasteiger partial charge in [-0.3, -0.25) is 0 Å². The van der Waals surface area contributed by atoms with E-state index in [4.69, 9.17) is 25.9 Å². The topological polar surface area (TPSA) is 38.0 Å². The van der Waals surface area contributed by atoms with Crippen LogP contribution in [-0.2, 0) is 0 Å². The van der Waals surface area contributed by atoms with Gasteiger partial charge in [-0.05, 0) is 57.9 Å². The fourth-order valence-electron chi connectivity index (χ4n) is 3.55. The van der Waals surface area contributed by atoms with Gasteiger partial charge in [0, 0.05) is 21.5 Å². The van der Waals surface area contributed by atoms with Crippen molar-refractivity contribution < 1.29 is 9.15 Å². The first-order chi connectivity index (χ1) is 13.1. The van der Waals surface area contributed by atoms with Gasteiger partial charge < -0.3 is 9.15 Å². The van der Waals surface area contributed by atoms with Crippen LogP contribution in [0.5, 0.6) is 5.75 Å². The van der Waals surface area contributed by atoms with Crippen LogP contribution in [-0.4, -0.2) is 10.7 Å². The Kier molecular flexibility index (Phi) is 4.30. The van der Waals surface area contributed by atoms with Gasteiger partial charge >= 0.3 is 0 Å². The van der Waals surface area contributed by atoms with Crippen LogP contribution in [0, 0.1) is 0 Å². The zero-order valence-electron chi connectivity index (χ0n) is 13.9. The fourth-order valence-corrected chi connectivity index (χ4v) is 5.03. The van der Waals surface area contributed by atoms with E-state index in [-0.39, 0.29) is 6.04 Å². The van der Waals surface area contributed by atoms with Crippen molar-refractivity contribution in [2.45, 2.75) is 18.7 Å². The van der Waals surface area contributed by atoms with Gasteiger partial charge in [0.05, 0.1) is 22.5 Å². The molecule has 2 aliphatic rings. The van der Waals surface area contributed by atoms with Gasteiger partial charge in [-0.2, -0.15) is 5.10 Å². The van der Waals surface area contributed by atoms with E-state index in [1.165, 1.54) is 0 Å². The van der Waals surface area contributed by atoms with E-state index in [0.29, 0.717) is 5.02 Å². The van der Waals surface area contributed by atoms with Crippen molar-refractivity contribution in [3.05, 3.63) is 85.6 Å². The first kappa shape index (κ1) is 17.3. The minimum Gasteiger partial charge on any atom is -0.463 e. The molecule has 2 atom stereocenters. The Balaban J connectivity index is 1.62. The minimum absolute atomic E-state index is 0.0586. The van der Waals surface area contributed by atoms with Crippen molar-refractivity contribution in [2.24, 2.45) is 5.10 Å². The van der Waals surface area contributed by atoms with E-state index in [0.717, 1.165) is 43.7 Å². The highest BCUT2D eigenvalue weighted by molar-refractivity contribution is 9.11. The minimum atomic E-state index is -0.417. The third kappa shape index (κ3) is 3.00. The predicted octanol–water partition coefficient (Wildman–Crippen LogP) is 6.70. The molecule has 27 heavy (non-hydrogen) atoms. The summed E-state index contributed by atoms with van der Waals surface area (Å²) < 4.78 is 13.9. The Morgan fingerprint density at radius 1 is 1.11 bits per heavy atom. The summed E-state index contributed by atoms with van der Waals surface area (Å²) in [6, 6.07) is 15.7. The predicted molar refractivity (Wildman–Crippen MR) is 111 cm³/mol. The molecule has 2 aliphatic heterocycles. The SMILES string of the molecule is Clc1ccc(C2=NN3[C@@H](C2)c2cc(Br)cc(Br)c2O[C@H]3c2ccco2)cc1. The smallest absolute Gasteiger partial charge is 0.246 e. The highest BCUT2D eigenvalue weighted by Crippen LogP contribution is 2.50. The Morgan fingerprint density at radius 2 is 1.93 bits per heavy atom. The third-order valence-electron chi connectivity index (χ3n) is 4.77. The second-order valence-corrected chi connectivity index (χ2v) is 8.65. The zero-order valence-corrected chi connectivity index (χ0v) is 17.8. The number of rotatable bonds is 2. The molecule has 3 heterocycles. The lowest BCUT2D eigenvalue weighted by Crippen LogP contribution is -2.33. The molecule has 136 valence electrons. The Morgan fingerprint density at radius 3 is 2.67 bits per heavy atom. The van der Waals surface area contributed by atoms with Gasteiger partial charge in [0.25, 0.3) is 0 Å². The van der Waals surface area contributed by atoms with E-state index in [1.54, 1.807) is 6.26 Å². The normalized spacial score (nSPS) is 20.7. The lowest BCUT2D eigenvalue weighted by Gasteiger charge is -2.37. The van der Waals surface area contributed by atoms with Crippen molar-refractivity contribution >= 4 is 49.2 Å². The summed E-state index contributed by atoms with van der Waals surface area (Å²) in [4.78, 5) is 0. The van der Waals surface area contributed by atoms with Crippen LogP contribution in [0.4, 0.5) is 0 Å². The molecule has 0 unspecified atom stereocenters. The molecule has 4 nitrogen and oxygen atoms in total. The van der Waals surface area contributed by atoms with Crippen molar-refractivity contribution in [1.82, 2.24) is 5.01 Å². The molecule has 2 aromatic carbocycles. The van der Waals surface area contributed by atoms with Crippen molar-refractivity contribution in [3.8, 4) is 5.75 Å². The molecular weight excluding hydrogens is 495 g/mol. The van der Waals surface area contributed by atoms with E-state index < -0.39 is 6.23 Å². The molecule has 3 aromatic rings. The van der Waals surface area contributed by atoms with Crippen LogP contribution in [0.1, 0.15) is 35.6 Å². The largest absolute Gasteiger partial charge is 0.463 e. The molecule has 0 saturated carbocycles. The Bertz CT molecular complexity index is 1030. The molecule has 0 radical (unpaired) electrons. The van der Waals surface area contributed by atoms with Gasteiger partial charge in [0.15, 0.2) is 5.76 Å².